The minimum Gasteiger partial charge on any atom is -0.488 e. The first kappa shape index (κ1) is 7.42. The number of halogens is 1. The lowest BCUT2D eigenvalue weighted by molar-refractivity contribution is 0.473. The van der Waals surface area contributed by atoms with Crippen LogP contribution in [0.15, 0.2) is 18.2 Å². The summed E-state index contributed by atoms with van der Waals surface area (Å²) in [5.74, 6) is 0.618. The Bertz CT molecular complexity index is 233. The summed E-state index contributed by atoms with van der Waals surface area (Å²) >= 11 is 5.76. The van der Waals surface area contributed by atoms with E-state index in [9.17, 15) is 0 Å². The van der Waals surface area contributed by atoms with Gasteiger partial charge in [0.05, 0.1) is 5.02 Å². The Labute approximate surface area is 65.6 Å². The first-order valence-corrected chi connectivity index (χ1v) is 3.30. The maximum atomic E-state index is 5.76. The third-order valence-corrected chi connectivity index (χ3v) is 1.54. The molecule has 1 radical (unpaired) electrons. The molecule has 0 N–H and O–H groups in total. The van der Waals surface area contributed by atoms with Gasteiger partial charge in [-0.25, -0.2) is 0 Å². The molecule has 0 unspecified atom stereocenters. The number of ether oxygens (including phenoxy) is 1. The second-order valence-corrected chi connectivity index (χ2v) is 2.49. The van der Waals surface area contributed by atoms with E-state index in [1.807, 2.05) is 19.1 Å². The van der Waals surface area contributed by atoms with Crippen LogP contribution in [0.3, 0.4) is 0 Å². The molecule has 53 valence electrons. The highest BCUT2D eigenvalue weighted by molar-refractivity contribution is 6.32. The van der Waals surface area contributed by atoms with Gasteiger partial charge in [-0.3, -0.25) is 0 Å². The van der Waals surface area contributed by atoms with Crippen LogP contribution in [0.5, 0.6) is 5.75 Å². The molecule has 1 rings (SSSR count). The fraction of sp³-hybridized carbons (Fsp3) is 0.125. The van der Waals surface area contributed by atoms with Crippen molar-refractivity contribution in [2.75, 3.05) is 0 Å². The van der Waals surface area contributed by atoms with Gasteiger partial charge < -0.3 is 4.74 Å². The minimum atomic E-state index is 0.606. The molecule has 0 heterocycles. The quantitative estimate of drug-likeness (QED) is 0.606. The molecule has 0 fully saturated rings. The van der Waals surface area contributed by atoms with Crippen molar-refractivity contribution in [3.8, 4) is 5.75 Å². The van der Waals surface area contributed by atoms with Crippen molar-refractivity contribution in [2.24, 2.45) is 0 Å². The van der Waals surface area contributed by atoms with Crippen molar-refractivity contribution in [1.29, 1.82) is 0 Å². The average Bonchev–Trinajstić information content (AvgIpc) is 1.88. The fourth-order valence-electron chi connectivity index (χ4n) is 0.723. The van der Waals surface area contributed by atoms with Gasteiger partial charge in [0.15, 0.2) is 0 Å². The van der Waals surface area contributed by atoms with Crippen molar-refractivity contribution in [2.45, 2.75) is 6.92 Å². The summed E-state index contributed by atoms with van der Waals surface area (Å²) < 4.78 is 4.72. The molecule has 0 aromatic heterocycles. The molecule has 0 aliphatic heterocycles. The average molecular weight is 156 g/mol. The molecule has 10 heavy (non-hydrogen) atoms. The normalized spacial score (nSPS) is 9.50. The predicted octanol–water partition coefficient (Wildman–Crippen LogP) is 2.82. The van der Waals surface area contributed by atoms with E-state index in [0.717, 1.165) is 5.56 Å². The number of rotatable bonds is 1. The zero-order chi connectivity index (χ0) is 7.56. The van der Waals surface area contributed by atoms with E-state index in [0.29, 0.717) is 10.8 Å². The van der Waals surface area contributed by atoms with Gasteiger partial charge in [-0.15, -0.1) is 0 Å². The molecule has 0 saturated carbocycles. The molecule has 0 aliphatic rings. The van der Waals surface area contributed by atoms with Crippen LogP contribution in [0, 0.1) is 14.0 Å². The molecule has 0 aliphatic carbocycles. The molecule has 1 nitrogen and oxygen atoms in total. The van der Waals surface area contributed by atoms with E-state index in [1.54, 1.807) is 6.07 Å². The van der Waals surface area contributed by atoms with Gasteiger partial charge >= 0.3 is 0 Å². The zero-order valence-corrected chi connectivity index (χ0v) is 6.48. The van der Waals surface area contributed by atoms with Crippen molar-refractivity contribution < 1.29 is 4.74 Å². The van der Waals surface area contributed by atoms with Crippen LogP contribution in [-0.2, 0) is 0 Å². The number of hydrogen-bond acceptors (Lipinski definition) is 1. The van der Waals surface area contributed by atoms with E-state index >= 15 is 0 Å². The minimum absolute atomic E-state index is 0.606. The van der Waals surface area contributed by atoms with E-state index in [2.05, 4.69) is 7.11 Å². The molecule has 0 atom stereocenters. The summed E-state index contributed by atoms with van der Waals surface area (Å²) in [6, 6.07) is 5.55. The van der Waals surface area contributed by atoms with Crippen LogP contribution < -0.4 is 4.74 Å². The summed E-state index contributed by atoms with van der Waals surface area (Å²) in [5, 5.41) is 0.606. The SMILES string of the molecule is [CH2]Oc1ccc(C)cc1Cl. The third kappa shape index (κ3) is 1.42. The summed E-state index contributed by atoms with van der Waals surface area (Å²) in [4.78, 5) is 0. The van der Waals surface area contributed by atoms with Crippen LogP contribution in [0.25, 0.3) is 0 Å². The highest BCUT2D eigenvalue weighted by Gasteiger charge is 1.97. The Morgan fingerprint density at radius 2 is 2.20 bits per heavy atom. The molecule has 0 bridgehead atoms. The Kier molecular flexibility index (Phi) is 2.17. The van der Waals surface area contributed by atoms with Crippen LogP contribution in [0.4, 0.5) is 0 Å². The van der Waals surface area contributed by atoms with Crippen LogP contribution in [0.2, 0.25) is 5.02 Å². The Morgan fingerprint density at radius 1 is 1.50 bits per heavy atom. The highest BCUT2D eigenvalue weighted by Crippen LogP contribution is 2.24. The Morgan fingerprint density at radius 3 is 2.70 bits per heavy atom. The first-order chi connectivity index (χ1) is 4.74. The van der Waals surface area contributed by atoms with Gasteiger partial charge in [0, 0.05) is 0 Å². The molecule has 0 saturated heterocycles. The molecule has 0 amide bonds. The zero-order valence-electron chi connectivity index (χ0n) is 5.73. The maximum absolute atomic E-state index is 5.76. The lowest BCUT2D eigenvalue weighted by Gasteiger charge is -2.01. The van der Waals surface area contributed by atoms with Gasteiger partial charge in [0.25, 0.3) is 0 Å². The van der Waals surface area contributed by atoms with E-state index in [-0.39, 0.29) is 0 Å². The second-order valence-electron chi connectivity index (χ2n) is 2.08. The predicted molar refractivity (Wildman–Crippen MR) is 42.2 cm³/mol. The van der Waals surface area contributed by atoms with E-state index < -0.39 is 0 Å². The third-order valence-electron chi connectivity index (χ3n) is 1.24. The van der Waals surface area contributed by atoms with Gasteiger partial charge in [0.1, 0.15) is 12.9 Å². The van der Waals surface area contributed by atoms with Gasteiger partial charge in [-0.05, 0) is 24.6 Å². The van der Waals surface area contributed by atoms with E-state index in [4.69, 9.17) is 16.3 Å². The summed E-state index contributed by atoms with van der Waals surface area (Å²) in [5.41, 5.74) is 1.12. The summed E-state index contributed by atoms with van der Waals surface area (Å²) in [6.07, 6.45) is 0. The van der Waals surface area contributed by atoms with Gasteiger partial charge in [-0.2, -0.15) is 0 Å². The maximum Gasteiger partial charge on any atom is 0.138 e. The van der Waals surface area contributed by atoms with Crippen LogP contribution >= 0.6 is 11.6 Å². The number of benzene rings is 1. The lowest BCUT2D eigenvalue weighted by Crippen LogP contribution is -1.80. The second kappa shape index (κ2) is 2.93. The number of aryl methyl sites for hydroxylation is 1. The fourth-order valence-corrected chi connectivity index (χ4v) is 1.01. The highest BCUT2D eigenvalue weighted by atomic mass is 35.5. The topological polar surface area (TPSA) is 9.23 Å². The number of hydrogen-bond donors (Lipinski definition) is 0. The van der Waals surface area contributed by atoms with Crippen molar-refractivity contribution in [1.82, 2.24) is 0 Å². The monoisotopic (exact) mass is 155 g/mol. The largest absolute Gasteiger partial charge is 0.488 e. The van der Waals surface area contributed by atoms with Crippen molar-refractivity contribution in [3.05, 3.63) is 35.9 Å². The molecule has 1 aromatic carbocycles. The smallest absolute Gasteiger partial charge is 0.138 e. The molecule has 2 heteroatoms. The van der Waals surface area contributed by atoms with E-state index in [1.165, 1.54) is 0 Å². The Balaban J connectivity index is 3.07. The van der Waals surface area contributed by atoms with Gasteiger partial charge in [-0.1, -0.05) is 17.7 Å². The van der Waals surface area contributed by atoms with Crippen molar-refractivity contribution in [3.63, 3.8) is 0 Å². The van der Waals surface area contributed by atoms with Crippen molar-refractivity contribution >= 4 is 11.6 Å². The van der Waals surface area contributed by atoms with Crippen LogP contribution in [0.1, 0.15) is 5.56 Å². The molecular formula is C8H8ClO. The summed E-state index contributed by atoms with van der Waals surface area (Å²) in [7, 11) is 3.26. The molecular weight excluding hydrogens is 148 g/mol. The van der Waals surface area contributed by atoms with Gasteiger partial charge in [0.2, 0.25) is 0 Å². The molecule has 1 aromatic rings. The standard InChI is InChI=1S/C8H8ClO/c1-6-3-4-8(10-2)7(9)5-6/h3-5H,2H2,1H3. The van der Waals surface area contributed by atoms with Crippen LogP contribution in [-0.4, -0.2) is 0 Å². The summed E-state index contributed by atoms with van der Waals surface area (Å²) in [6.45, 7) is 1.97. The first-order valence-electron chi connectivity index (χ1n) is 2.92. The Hall–Kier alpha value is -0.690. The molecule has 0 spiro atoms. The lowest BCUT2D eigenvalue weighted by atomic mass is 10.2.